The topological polar surface area (TPSA) is 78.4 Å². The Bertz CT molecular complexity index is 486. The molecule has 0 heterocycles. The smallest absolute Gasteiger partial charge is 0.320 e. The van der Waals surface area contributed by atoms with Crippen molar-refractivity contribution in [3.8, 4) is 0 Å². The highest BCUT2D eigenvalue weighted by molar-refractivity contribution is 5.93. The van der Waals surface area contributed by atoms with Gasteiger partial charge in [0, 0.05) is 5.69 Å². The highest BCUT2D eigenvalue weighted by Gasteiger charge is 2.16. The molecule has 3 N–H and O–H groups in total. The second kappa shape index (κ2) is 7.65. The van der Waals surface area contributed by atoms with Gasteiger partial charge in [0.15, 0.2) is 0 Å². The van der Waals surface area contributed by atoms with Crippen LogP contribution in [0, 0.1) is 13.8 Å². The Balaban J connectivity index is 2.55. The van der Waals surface area contributed by atoms with Gasteiger partial charge in [0.1, 0.15) is 6.04 Å². The van der Waals surface area contributed by atoms with Crippen LogP contribution in [-0.4, -0.2) is 29.6 Å². The molecule has 0 saturated heterocycles. The molecule has 1 unspecified atom stereocenters. The van der Waals surface area contributed by atoms with E-state index in [0.29, 0.717) is 6.42 Å². The van der Waals surface area contributed by atoms with E-state index >= 15 is 0 Å². The van der Waals surface area contributed by atoms with Crippen molar-refractivity contribution in [2.24, 2.45) is 0 Å². The Kier molecular flexibility index (Phi) is 6.18. The molecule has 0 aliphatic rings. The lowest BCUT2D eigenvalue weighted by Gasteiger charge is -2.14. The first-order chi connectivity index (χ1) is 9.45. The molecule has 0 saturated carbocycles. The van der Waals surface area contributed by atoms with E-state index in [2.05, 4.69) is 10.6 Å². The number of nitrogens with one attached hydrogen (secondary N) is 2. The zero-order chi connectivity index (χ0) is 15.1. The van der Waals surface area contributed by atoms with E-state index in [1.807, 2.05) is 39.0 Å². The number of hydrogen-bond acceptors (Lipinski definition) is 3. The number of amides is 1. The predicted octanol–water partition coefficient (Wildman–Crippen LogP) is 2.08. The lowest BCUT2D eigenvalue weighted by atomic mass is 10.1. The Labute approximate surface area is 119 Å². The first-order valence-corrected chi connectivity index (χ1v) is 6.78. The number of aryl methyl sites for hydroxylation is 1. The fourth-order valence-electron chi connectivity index (χ4n) is 1.90. The summed E-state index contributed by atoms with van der Waals surface area (Å²) >= 11 is 0. The van der Waals surface area contributed by atoms with E-state index in [-0.39, 0.29) is 12.5 Å². The van der Waals surface area contributed by atoms with Gasteiger partial charge in [0.25, 0.3) is 0 Å². The van der Waals surface area contributed by atoms with Crippen LogP contribution in [0.15, 0.2) is 18.2 Å². The van der Waals surface area contributed by atoms with Crippen molar-refractivity contribution in [2.45, 2.75) is 39.7 Å². The van der Waals surface area contributed by atoms with Crippen molar-refractivity contribution in [3.05, 3.63) is 29.3 Å². The van der Waals surface area contributed by atoms with Crippen molar-refractivity contribution in [2.75, 3.05) is 11.9 Å². The summed E-state index contributed by atoms with van der Waals surface area (Å²) in [4.78, 5) is 22.8. The van der Waals surface area contributed by atoms with Gasteiger partial charge in [0.2, 0.25) is 5.91 Å². The van der Waals surface area contributed by atoms with Crippen LogP contribution in [0.5, 0.6) is 0 Å². The number of hydrogen-bond donors (Lipinski definition) is 3. The minimum Gasteiger partial charge on any atom is -0.480 e. The quantitative estimate of drug-likeness (QED) is 0.713. The maximum absolute atomic E-state index is 11.8. The number of aliphatic carboxylic acids is 1. The summed E-state index contributed by atoms with van der Waals surface area (Å²) in [6, 6.07) is 5.01. The molecule has 0 radical (unpaired) electrons. The average Bonchev–Trinajstić information content (AvgIpc) is 2.39. The number of carboxylic acid groups (broad SMARTS) is 1. The molecule has 1 amide bonds. The number of benzene rings is 1. The third-order valence-corrected chi connectivity index (χ3v) is 3.26. The van der Waals surface area contributed by atoms with Crippen molar-refractivity contribution >= 4 is 17.6 Å². The first kappa shape index (κ1) is 16.2. The van der Waals surface area contributed by atoms with Crippen LogP contribution >= 0.6 is 0 Å². The largest absolute Gasteiger partial charge is 0.480 e. The molecule has 5 nitrogen and oxygen atoms in total. The summed E-state index contributed by atoms with van der Waals surface area (Å²) in [5.41, 5.74) is 2.88. The summed E-state index contributed by atoms with van der Waals surface area (Å²) in [5.74, 6) is -1.16. The minimum absolute atomic E-state index is 0.00957. The van der Waals surface area contributed by atoms with E-state index in [4.69, 9.17) is 5.11 Å². The van der Waals surface area contributed by atoms with Gasteiger partial charge in [-0.05, 0) is 37.5 Å². The van der Waals surface area contributed by atoms with Crippen LogP contribution in [-0.2, 0) is 9.59 Å². The molecule has 110 valence electrons. The van der Waals surface area contributed by atoms with Gasteiger partial charge in [0.05, 0.1) is 6.54 Å². The summed E-state index contributed by atoms with van der Waals surface area (Å²) in [6.45, 7) is 5.82. The Hall–Kier alpha value is -1.88. The number of rotatable bonds is 7. The second-order valence-electron chi connectivity index (χ2n) is 4.86. The molecule has 0 spiro atoms. The maximum Gasteiger partial charge on any atom is 0.320 e. The van der Waals surface area contributed by atoms with Gasteiger partial charge < -0.3 is 10.4 Å². The number of carboxylic acids is 1. The monoisotopic (exact) mass is 278 g/mol. The first-order valence-electron chi connectivity index (χ1n) is 6.78. The lowest BCUT2D eigenvalue weighted by Crippen LogP contribution is -2.41. The molecular weight excluding hydrogens is 256 g/mol. The van der Waals surface area contributed by atoms with Crippen molar-refractivity contribution in [3.63, 3.8) is 0 Å². The second-order valence-corrected chi connectivity index (χ2v) is 4.86. The van der Waals surface area contributed by atoms with E-state index in [1.54, 1.807) is 0 Å². The highest BCUT2D eigenvalue weighted by atomic mass is 16.4. The normalized spacial score (nSPS) is 11.9. The zero-order valence-corrected chi connectivity index (χ0v) is 12.2. The highest BCUT2D eigenvalue weighted by Crippen LogP contribution is 2.17. The molecular formula is C15H22N2O3. The van der Waals surface area contributed by atoms with Crippen LogP contribution < -0.4 is 10.6 Å². The maximum atomic E-state index is 11.8. The van der Waals surface area contributed by atoms with Crippen molar-refractivity contribution < 1.29 is 14.7 Å². The molecule has 0 bridgehead atoms. The minimum atomic E-state index is -0.925. The predicted molar refractivity (Wildman–Crippen MR) is 78.9 cm³/mol. The van der Waals surface area contributed by atoms with E-state index in [9.17, 15) is 9.59 Å². The molecule has 1 aromatic rings. The standard InChI is InChI=1S/C15H22N2O3/c1-4-6-13(15(19)20)16-9-14(18)17-12-8-5-7-10(2)11(12)3/h5,7-8,13,16H,4,6,9H2,1-3H3,(H,17,18)(H,19,20). The molecule has 0 aliphatic carbocycles. The van der Waals surface area contributed by atoms with Gasteiger partial charge >= 0.3 is 5.97 Å². The van der Waals surface area contributed by atoms with E-state index in [1.165, 1.54) is 0 Å². The molecule has 1 aromatic carbocycles. The van der Waals surface area contributed by atoms with Crippen LogP contribution in [0.25, 0.3) is 0 Å². The molecule has 1 rings (SSSR count). The summed E-state index contributed by atoms with van der Waals surface area (Å²) < 4.78 is 0. The number of carbonyl (C=O) groups excluding carboxylic acids is 1. The summed E-state index contributed by atoms with van der Waals surface area (Å²) in [7, 11) is 0. The van der Waals surface area contributed by atoms with Gasteiger partial charge in [-0.2, -0.15) is 0 Å². The third kappa shape index (κ3) is 4.66. The zero-order valence-electron chi connectivity index (χ0n) is 12.2. The Morgan fingerprint density at radius 3 is 2.60 bits per heavy atom. The van der Waals surface area contributed by atoms with Gasteiger partial charge in [-0.1, -0.05) is 25.5 Å². The van der Waals surface area contributed by atoms with Crippen LogP contribution in [0.4, 0.5) is 5.69 Å². The molecule has 0 aromatic heterocycles. The Morgan fingerprint density at radius 2 is 2.00 bits per heavy atom. The van der Waals surface area contributed by atoms with E-state index in [0.717, 1.165) is 23.2 Å². The molecule has 5 heteroatoms. The third-order valence-electron chi connectivity index (χ3n) is 3.26. The van der Waals surface area contributed by atoms with Gasteiger partial charge in [-0.25, -0.2) is 0 Å². The fraction of sp³-hybridized carbons (Fsp3) is 0.467. The summed E-state index contributed by atoms with van der Waals surface area (Å²) in [5, 5.41) is 14.5. The van der Waals surface area contributed by atoms with Crippen LogP contribution in [0.2, 0.25) is 0 Å². The summed E-state index contributed by atoms with van der Waals surface area (Å²) in [6.07, 6.45) is 1.26. The van der Waals surface area contributed by atoms with Crippen molar-refractivity contribution in [1.29, 1.82) is 0 Å². The fourth-order valence-corrected chi connectivity index (χ4v) is 1.90. The average molecular weight is 278 g/mol. The lowest BCUT2D eigenvalue weighted by molar-refractivity contribution is -0.139. The van der Waals surface area contributed by atoms with Gasteiger partial charge in [-0.3, -0.25) is 14.9 Å². The van der Waals surface area contributed by atoms with Crippen LogP contribution in [0.1, 0.15) is 30.9 Å². The Morgan fingerprint density at radius 1 is 1.30 bits per heavy atom. The number of carbonyl (C=O) groups is 2. The van der Waals surface area contributed by atoms with Crippen LogP contribution in [0.3, 0.4) is 0 Å². The molecule has 20 heavy (non-hydrogen) atoms. The van der Waals surface area contributed by atoms with Crippen molar-refractivity contribution in [1.82, 2.24) is 5.32 Å². The van der Waals surface area contributed by atoms with Gasteiger partial charge in [-0.15, -0.1) is 0 Å². The van der Waals surface area contributed by atoms with E-state index < -0.39 is 12.0 Å². The SMILES string of the molecule is CCCC(NCC(=O)Nc1cccc(C)c1C)C(=O)O. The molecule has 0 fully saturated rings. The molecule has 0 aliphatic heterocycles. The number of anilines is 1. The molecule has 1 atom stereocenters.